The number of nitrogen functional groups attached to an aromatic ring is 1. The maximum absolute atomic E-state index is 11.2. The molecule has 0 aromatic heterocycles. The fraction of sp³-hybridized carbons (Fsp3) is 0.462. The van der Waals surface area contributed by atoms with Gasteiger partial charge in [-0.25, -0.2) is 4.79 Å². The molecule has 0 spiro atoms. The molecule has 0 bridgehead atoms. The average Bonchev–Trinajstić information content (AvgIpc) is 2.18. The molecule has 0 aliphatic heterocycles. The van der Waals surface area contributed by atoms with E-state index in [1.165, 1.54) is 0 Å². The van der Waals surface area contributed by atoms with Crippen molar-refractivity contribution in [2.45, 2.75) is 39.3 Å². The van der Waals surface area contributed by atoms with Gasteiger partial charge in [0.25, 0.3) is 9.04 Å². The molecular formula is C13H20NO3Si. The Morgan fingerprint density at radius 2 is 1.89 bits per heavy atom. The lowest BCUT2D eigenvalue weighted by molar-refractivity contribution is 0.0697. The molecule has 99 valence electrons. The van der Waals surface area contributed by atoms with E-state index in [1.807, 2.05) is 39.9 Å². The molecule has 0 aliphatic carbocycles. The van der Waals surface area contributed by atoms with Gasteiger partial charge in [-0.2, -0.15) is 0 Å². The second kappa shape index (κ2) is 5.02. The first-order valence-electron chi connectivity index (χ1n) is 5.78. The molecule has 1 rings (SSSR count). The van der Waals surface area contributed by atoms with Crippen LogP contribution in [0.3, 0.4) is 0 Å². The lowest BCUT2D eigenvalue weighted by atomic mass is 9.85. The van der Waals surface area contributed by atoms with Crippen LogP contribution in [0.1, 0.15) is 36.7 Å². The van der Waals surface area contributed by atoms with E-state index in [9.17, 15) is 9.90 Å². The van der Waals surface area contributed by atoms with Crippen molar-refractivity contribution in [3.05, 3.63) is 23.3 Å². The van der Waals surface area contributed by atoms with Gasteiger partial charge in [0, 0.05) is 0 Å². The van der Waals surface area contributed by atoms with Crippen LogP contribution in [0, 0.1) is 0 Å². The summed E-state index contributed by atoms with van der Waals surface area (Å²) >= 11 is 0. The van der Waals surface area contributed by atoms with Gasteiger partial charge >= 0.3 is 5.97 Å². The summed E-state index contributed by atoms with van der Waals surface area (Å²) in [5.74, 6) is -0.539. The number of nitrogens with two attached hydrogens (primary N) is 1. The summed E-state index contributed by atoms with van der Waals surface area (Å²) in [6, 6.07) is 3.47. The smallest absolute Gasteiger partial charge is 0.337 e. The van der Waals surface area contributed by atoms with Crippen molar-refractivity contribution in [2.75, 3.05) is 5.73 Å². The van der Waals surface area contributed by atoms with E-state index in [4.69, 9.17) is 10.2 Å². The molecule has 1 aromatic carbocycles. The van der Waals surface area contributed by atoms with Crippen molar-refractivity contribution in [1.29, 1.82) is 0 Å². The molecule has 1 aromatic rings. The summed E-state index contributed by atoms with van der Waals surface area (Å²) < 4.78 is 5.69. The van der Waals surface area contributed by atoms with Crippen molar-refractivity contribution >= 4 is 20.7 Å². The van der Waals surface area contributed by atoms with E-state index >= 15 is 0 Å². The molecule has 0 atom stereocenters. The van der Waals surface area contributed by atoms with Gasteiger partial charge in [-0.05, 0) is 36.2 Å². The van der Waals surface area contributed by atoms with E-state index in [1.54, 1.807) is 6.07 Å². The Labute approximate surface area is 109 Å². The zero-order chi connectivity index (χ0) is 14.1. The molecular weight excluding hydrogens is 246 g/mol. The third kappa shape index (κ3) is 3.26. The second-order valence-corrected chi connectivity index (χ2v) is 7.52. The summed E-state index contributed by atoms with van der Waals surface area (Å²) in [6.07, 6.45) is 0. The topological polar surface area (TPSA) is 72.5 Å². The molecule has 0 unspecified atom stereocenters. The SMILES string of the molecule is C[Si](C)Oc1cc(C(C)(C)C)cc(C(=O)O)c1N. The number of anilines is 1. The van der Waals surface area contributed by atoms with Crippen molar-refractivity contribution in [2.24, 2.45) is 0 Å². The van der Waals surface area contributed by atoms with Crippen molar-refractivity contribution in [3.8, 4) is 5.75 Å². The molecule has 0 fully saturated rings. The van der Waals surface area contributed by atoms with Gasteiger partial charge in [0.05, 0.1) is 11.3 Å². The number of carboxylic acids is 1. The molecule has 0 heterocycles. The molecule has 18 heavy (non-hydrogen) atoms. The van der Waals surface area contributed by atoms with Gasteiger partial charge in [0.15, 0.2) is 0 Å². The first kappa shape index (κ1) is 14.6. The number of hydrogen-bond donors (Lipinski definition) is 2. The van der Waals surface area contributed by atoms with Crippen molar-refractivity contribution in [3.63, 3.8) is 0 Å². The fourth-order valence-corrected chi connectivity index (χ4v) is 2.15. The number of aromatic carboxylic acids is 1. The Morgan fingerprint density at radius 1 is 1.33 bits per heavy atom. The Bertz CT molecular complexity index is 464. The molecule has 4 nitrogen and oxygen atoms in total. The maximum Gasteiger partial charge on any atom is 0.337 e. The van der Waals surface area contributed by atoms with Crippen LogP contribution < -0.4 is 10.2 Å². The largest absolute Gasteiger partial charge is 0.541 e. The van der Waals surface area contributed by atoms with Gasteiger partial charge in [-0.3, -0.25) is 0 Å². The fourth-order valence-electron chi connectivity index (χ4n) is 1.54. The van der Waals surface area contributed by atoms with E-state index in [0.29, 0.717) is 5.75 Å². The Kier molecular flexibility index (Phi) is 4.06. The van der Waals surface area contributed by atoms with Gasteiger partial charge < -0.3 is 15.3 Å². The normalized spacial score (nSPS) is 11.7. The number of carboxylic acid groups (broad SMARTS) is 1. The van der Waals surface area contributed by atoms with Crippen LogP contribution in [-0.2, 0) is 5.41 Å². The first-order chi connectivity index (χ1) is 8.12. The number of hydrogen-bond acceptors (Lipinski definition) is 3. The minimum absolute atomic E-state index is 0.112. The summed E-state index contributed by atoms with van der Waals surface area (Å²) in [6.45, 7) is 10.0. The summed E-state index contributed by atoms with van der Waals surface area (Å²) in [5, 5.41) is 9.19. The number of carbonyl (C=O) groups is 1. The summed E-state index contributed by atoms with van der Waals surface area (Å²) in [7, 11) is -0.985. The van der Waals surface area contributed by atoms with E-state index in [2.05, 4.69) is 0 Å². The highest BCUT2D eigenvalue weighted by molar-refractivity contribution is 6.49. The van der Waals surface area contributed by atoms with E-state index in [-0.39, 0.29) is 16.7 Å². The van der Waals surface area contributed by atoms with Crippen LogP contribution >= 0.6 is 0 Å². The Morgan fingerprint density at radius 3 is 2.28 bits per heavy atom. The highest BCUT2D eigenvalue weighted by Gasteiger charge is 2.21. The number of benzene rings is 1. The van der Waals surface area contributed by atoms with Crippen molar-refractivity contribution in [1.82, 2.24) is 0 Å². The van der Waals surface area contributed by atoms with Crippen molar-refractivity contribution < 1.29 is 14.3 Å². The number of rotatable bonds is 3. The van der Waals surface area contributed by atoms with Gasteiger partial charge in [-0.15, -0.1) is 0 Å². The predicted octanol–water partition coefficient (Wildman–Crippen LogP) is 2.89. The standard InChI is InChI=1S/C13H20NO3Si/c1-13(2,3)8-6-9(12(15)16)11(14)10(7-8)17-18(4)5/h6-7H,14H2,1-5H3,(H,15,16). The van der Waals surface area contributed by atoms with Gasteiger partial charge in [0.2, 0.25) is 0 Å². The third-order valence-electron chi connectivity index (χ3n) is 2.55. The van der Waals surface area contributed by atoms with Crippen LogP contribution in [0.2, 0.25) is 13.1 Å². The van der Waals surface area contributed by atoms with Crippen LogP contribution in [0.4, 0.5) is 5.69 Å². The second-order valence-electron chi connectivity index (χ2n) is 5.50. The maximum atomic E-state index is 11.2. The minimum atomic E-state index is -1.02. The van der Waals surface area contributed by atoms with Gasteiger partial charge in [-0.1, -0.05) is 20.8 Å². The molecule has 0 saturated heterocycles. The highest BCUT2D eigenvalue weighted by Crippen LogP contribution is 2.33. The first-order valence-corrected chi connectivity index (χ1v) is 8.19. The monoisotopic (exact) mass is 266 g/mol. The molecule has 0 saturated carbocycles. The van der Waals surface area contributed by atoms with Crippen LogP contribution in [0.5, 0.6) is 5.75 Å². The summed E-state index contributed by atoms with van der Waals surface area (Å²) in [5.41, 5.74) is 6.94. The van der Waals surface area contributed by atoms with Crippen LogP contribution in [0.15, 0.2) is 12.1 Å². The Balaban J connectivity index is 3.42. The molecule has 1 radical (unpaired) electrons. The molecule has 0 amide bonds. The zero-order valence-electron chi connectivity index (χ0n) is 11.5. The quantitative estimate of drug-likeness (QED) is 0.651. The molecule has 5 heteroatoms. The molecule has 3 N–H and O–H groups in total. The third-order valence-corrected chi connectivity index (χ3v) is 3.18. The summed E-state index contributed by atoms with van der Waals surface area (Å²) in [4.78, 5) is 11.2. The van der Waals surface area contributed by atoms with Crippen LogP contribution in [-0.4, -0.2) is 20.1 Å². The minimum Gasteiger partial charge on any atom is -0.541 e. The lowest BCUT2D eigenvalue weighted by Gasteiger charge is -2.22. The van der Waals surface area contributed by atoms with Crippen LogP contribution in [0.25, 0.3) is 0 Å². The lowest BCUT2D eigenvalue weighted by Crippen LogP contribution is -2.18. The molecule has 0 aliphatic rings. The van der Waals surface area contributed by atoms with E-state index in [0.717, 1.165) is 5.56 Å². The van der Waals surface area contributed by atoms with Gasteiger partial charge in [0.1, 0.15) is 5.75 Å². The zero-order valence-corrected chi connectivity index (χ0v) is 12.5. The average molecular weight is 266 g/mol. The highest BCUT2D eigenvalue weighted by atomic mass is 28.3. The Hall–Kier alpha value is -1.49. The van der Waals surface area contributed by atoms with E-state index < -0.39 is 15.0 Å². The predicted molar refractivity (Wildman–Crippen MR) is 74.6 cm³/mol.